The Morgan fingerprint density at radius 2 is 1.42 bits per heavy atom. The predicted molar refractivity (Wildman–Crippen MR) is 127 cm³/mol. The van der Waals surface area contributed by atoms with E-state index in [0.717, 1.165) is 51.4 Å². The number of nitrogens with zero attached hydrogens (tertiary/aromatic N) is 1. The molecular weight excluding hydrogens is 425 g/mol. The van der Waals surface area contributed by atoms with Crippen LogP contribution in [0.25, 0.3) is 0 Å². The molecule has 1 aliphatic heterocycles. The van der Waals surface area contributed by atoms with Crippen molar-refractivity contribution in [2.45, 2.75) is 103 Å². The van der Waals surface area contributed by atoms with E-state index in [4.69, 9.17) is 23.7 Å². The number of rotatable bonds is 18. The quantitative estimate of drug-likeness (QED) is 0.193. The first-order valence-electron chi connectivity index (χ1n) is 12.9. The zero-order valence-corrected chi connectivity index (χ0v) is 21.0. The number of ether oxygens (including phenoxy) is 5. The Hall–Kier alpha value is -1.28. The summed E-state index contributed by atoms with van der Waals surface area (Å²) in [7, 11) is 0. The molecular formula is C26H44FNO5. The SMILES string of the molecule is CCCCOC[C@H]1O[C@@H](c2ccc(OCCCC)nc2F)C(OCCCC)[C@H]1OCCCC. The van der Waals surface area contributed by atoms with Gasteiger partial charge >= 0.3 is 0 Å². The highest BCUT2D eigenvalue weighted by atomic mass is 19.1. The molecule has 1 aromatic rings. The van der Waals surface area contributed by atoms with Gasteiger partial charge in [-0.1, -0.05) is 53.4 Å². The van der Waals surface area contributed by atoms with E-state index >= 15 is 4.39 Å². The Bertz CT molecular complexity index is 647. The van der Waals surface area contributed by atoms with Gasteiger partial charge in [0.05, 0.1) is 13.2 Å². The van der Waals surface area contributed by atoms with Crippen molar-refractivity contribution >= 4 is 0 Å². The van der Waals surface area contributed by atoms with Crippen molar-refractivity contribution in [1.82, 2.24) is 4.98 Å². The average molecular weight is 470 g/mol. The fourth-order valence-corrected chi connectivity index (χ4v) is 3.71. The molecule has 2 heterocycles. The van der Waals surface area contributed by atoms with Crippen molar-refractivity contribution in [3.63, 3.8) is 0 Å². The minimum Gasteiger partial charge on any atom is -0.478 e. The van der Waals surface area contributed by atoms with Gasteiger partial charge in [-0.3, -0.25) is 0 Å². The normalized spacial score (nSPS) is 22.7. The van der Waals surface area contributed by atoms with E-state index in [1.807, 2.05) is 0 Å². The lowest BCUT2D eigenvalue weighted by Gasteiger charge is -2.25. The highest BCUT2D eigenvalue weighted by molar-refractivity contribution is 5.24. The third-order valence-electron chi connectivity index (χ3n) is 5.76. The van der Waals surface area contributed by atoms with E-state index in [0.29, 0.717) is 44.5 Å². The summed E-state index contributed by atoms with van der Waals surface area (Å²) in [6.07, 6.45) is 6.23. The number of halogens is 1. The second-order valence-corrected chi connectivity index (χ2v) is 8.63. The lowest BCUT2D eigenvalue weighted by Crippen LogP contribution is -2.38. The van der Waals surface area contributed by atoms with Gasteiger partial charge in [0.15, 0.2) is 0 Å². The molecule has 0 N–H and O–H groups in total. The fourth-order valence-electron chi connectivity index (χ4n) is 3.71. The van der Waals surface area contributed by atoms with Crippen LogP contribution in [0, 0.1) is 5.95 Å². The van der Waals surface area contributed by atoms with E-state index in [9.17, 15) is 0 Å². The fraction of sp³-hybridized carbons (Fsp3) is 0.808. The van der Waals surface area contributed by atoms with Crippen LogP contribution in [0.15, 0.2) is 12.1 Å². The summed E-state index contributed by atoms with van der Waals surface area (Å²) in [5.41, 5.74) is 0.375. The lowest BCUT2D eigenvalue weighted by molar-refractivity contribution is -0.0795. The standard InChI is InChI=1S/C26H44FNO5/c1-5-9-15-29-19-21-24(31-17-11-7-3)25(32-18-12-8-4)23(33-21)20-13-14-22(28-26(20)27)30-16-10-6-2/h13-14,21,23-25H,5-12,15-19H2,1-4H3/t21-,23+,24+,25?/m1/s1. The summed E-state index contributed by atoms with van der Waals surface area (Å²) in [6, 6.07) is 3.41. The largest absolute Gasteiger partial charge is 0.478 e. The van der Waals surface area contributed by atoms with Crippen molar-refractivity contribution in [1.29, 1.82) is 0 Å². The van der Waals surface area contributed by atoms with Crippen molar-refractivity contribution in [2.24, 2.45) is 0 Å². The maximum atomic E-state index is 15.1. The summed E-state index contributed by atoms with van der Waals surface area (Å²) < 4.78 is 45.3. The highest BCUT2D eigenvalue weighted by Crippen LogP contribution is 2.39. The van der Waals surface area contributed by atoms with E-state index in [1.54, 1.807) is 12.1 Å². The molecule has 0 amide bonds. The molecule has 1 unspecified atom stereocenters. The topological polar surface area (TPSA) is 59.0 Å². The summed E-state index contributed by atoms with van der Waals surface area (Å²) >= 11 is 0. The average Bonchev–Trinajstić information content (AvgIpc) is 3.14. The Morgan fingerprint density at radius 1 is 0.818 bits per heavy atom. The predicted octanol–water partition coefficient (Wildman–Crippen LogP) is 6.03. The highest BCUT2D eigenvalue weighted by Gasteiger charge is 2.48. The van der Waals surface area contributed by atoms with Gasteiger partial charge in [0.2, 0.25) is 11.8 Å². The van der Waals surface area contributed by atoms with Gasteiger partial charge in [0.1, 0.15) is 24.4 Å². The smallest absolute Gasteiger partial charge is 0.222 e. The maximum absolute atomic E-state index is 15.1. The van der Waals surface area contributed by atoms with Crippen LogP contribution in [-0.4, -0.2) is 56.3 Å². The number of unbranched alkanes of at least 4 members (excludes halogenated alkanes) is 4. The van der Waals surface area contributed by atoms with Crippen LogP contribution in [0.5, 0.6) is 5.88 Å². The first-order chi connectivity index (χ1) is 16.2. The molecule has 0 radical (unpaired) electrons. The van der Waals surface area contributed by atoms with Crippen LogP contribution >= 0.6 is 0 Å². The van der Waals surface area contributed by atoms with E-state index in [2.05, 4.69) is 32.7 Å². The molecule has 190 valence electrons. The van der Waals surface area contributed by atoms with Gasteiger partial charge in [-0.05, 0) is 31.7 Å². The van der Waals surface area contributed by atoms with Gasteiger partial charge in [-0.25, -0.2) is 0 Å². The van der Waals surface area contributed by atoms with E-state index in [1.165, 1.54) is 0 Å². The molecule has 0 bridgehead atoms. The summed E-state index contributed by atoms with van der Waals surface area (Å²) in [5.74, 6) is -0.292. The molecule has 1 saturated heterocycles. The molecule has 0 aliphatic carbocycles. The third-order valence-corrected chi connectivity index (χ3v) is 5.76. The van der Waals surface area contributed by atoms with Gasteiger partial charge in [-0.2, -0.15) is 9.37 Å². The van der Waals surface area contributed by atoms with Crippen molar-refractivity contribution in [3.8, 4) is 5.88 Å². The molecule has 2 rings (SSSR count). The third kappa shape index (κ3) is 9.12. The zero-order chi connectivity index (χ0) is 23.9. The zero-order valence-electron chi connectivity index (χ0n) is 21.0. The van der Waals surface area contributed by atoms with Crippen molar-refractivity contribution in [2.75, 3.05) is 33.0 Å². The van der Waals surface area contributed by atoms with Gasteiger partial charge in [0, 0.05) is 31.5 Å². The minimum atomic E-state index is -0.606. The Morgan fingerprint density at radius 3 is 2.06 bits per heavy atom. The number of hydrogen-bond donors (Lipinski definition) is 0. The van der Waals surface area contributed by atoms with Crippen LogP contribution in [0.3, 0.4) is 0 Å². The number of aromatic nitrogens is 1. The van der Waals surface area contributed by atoms with Crippen molar-refractivity contribution in [3.05, 3.63) is 23.6 Å². The van der Waals surface area contributed by atoms with Crippen LogP contribution in [0.1, 0.15) is 90.7 Å². The first-order valence-corrected chi connectivity index (χ1v) is 12.9. The van der Waals surface area contributed by atoms with Crippen LogP contribution in [-0.2, 0) is 18.9 Å². The van der Waals surface area contributed by atoms with Crippen LogP contribution in [0.4, 0.5) is 4.39 Å². The lowest BCUT2D eigenvalue weighted by atomic mass is 10.0. The molecule has 0 spiro atoms. The Labute approximate surface area is 199 Å². The Balaban J connectivity index is 2.20. The summed E-state index contributed by atoms with van der Waals surface area (Å²) in [6.45, 7) is 11.2. The van der Waals surface area contributed by atoms with Crippen molar-refractivity contribution < 1.29 is 28.1 Å². The second kappa shape index (κ2) is 16.4. The summed E-state index contributed by atoms with van der Waals surface area (Å²) in [5, 5.41) is 0. The molecule has 6 nitrogen and oxygen atoms in total. The molecule has 1 aromatic heterocycles. The van der Waals surface area contributed by atoms with Gasteiger partial charge < -0.3 is 23.7 Å². The van der Waals surface area contributed by atoms with E-state index < -0.39 is 18.2 Å². The molecule has 1 fully saturated rings. The van der Waals surface area contributed by atoms with Gasteiger partial charge in [-0.15, -0.1) is 0 Å². The van der Waals surface area contributed by atoms with Gasteiger partial charge in [0.25, 0.3) is 0 Å². The monoisotopic (exact) mass is 469 g/mol. The van der Waals surface area contributed by atoms with Crippen LogP contribution < -0.4 is 4.74 Å². The molecule has 1 aliphatic rings. The van der Waals surface area contributed by atoms with Crippen LogP contribution in [0.2, 0.25) is 0 Å². The Kier molecular flexibility index (Phi) is 13.9. The van der Waals surface area contributed by atoms with E-state index in [-0.39, 0.29) is 12.2 Å². The first kappa shape index (κ1) is 28.0. The number of pyridine rings is 1. The molecule has 4 atom stereocenters. The molecule has 33 heavy (non-hydrogen) atoms. The minimum absolute atomic E-state index is 0.293. The molecule has 0 aromatic carbocycles. The maximum Gasteiger partial charge on any atom is 0.222 e. The molecule has 7 heteroatoms. The number of hydrogen-bond acceptors (Lipinski definition) is 6. The molecule has 0 saturated carbocycles. The second-order valence-electron chi connectivity index (χ2n) is 8.63. The summed E-state index contributed by atoms with van der Waals surface area (Å²) in [4.78, 5) is 4.04.